The molecule has 4 N–H and O–H groups in total. The number of nitrogens with one attached hydrogen (secondary N) is 1. The van der Waals surface area contributed by atoms with Crippen LogP contribution < -0.4 is 5.73 Å². The molecular weight excluding hydrogens is 494 g/mol. The van der Waals surface area contributed by atoms with Gasteiger partial charge in [0, 0.05) is 36.7 Å². The van der Waals surface area contributed by atoms with E-state index in [-0.39, 0.29) is 11.6 Å². The number of carbonyl (C=O) groups excluding carboxylic acids is 1. The van der Waals surface area contributed by atoms with Gasteiger partial charge in [0.1, 0.15) is 17.7 Å². The van der Waals surface area contributed by atoms with E-state index in [9.17, 15) is 9.59 Å². The van der Waals surface area contributed by atoms with Crippen LogP contribution in [-0.2, 0) is 19.5 Å². The fraction of sp³-hybridized carbons (Fsp3) is 0.310. The Bertz CT molecular complexity index is 1430. The molecule has 1 amide bonds. The number of H-pyrrole nitrogens is 1. The van der Waals surface area contributed by atoms with Crippen molar-refractivity contribution in [3.05, 3.63) is 106 Å². The second-order valence-corrected chi connectivity index (χ2v) is 9.64. The molecule has 202 valence electrons. The quantitative estimate of drug-likeness (QED) is 0.325. The highest BCUT2D eigenvalue weighted by molar-refractivity contribution is 5.92. The van der Waals surface area contributed by atoms with Crippen molar-refractivity contribution >= 4 is 11.9 Å². The minimum absolute atomic E-state index is 0.201. The van der Waals surface area contributed by atoms with Crippen LogP contribution in [0.3, 0.4) is 0 Å². The summed E-state index contributed by atoms with van der Waals surface area (Å²) in [6.07, 6.45) is 8.47. The molecule has 0 spiro atoms. The van der Waals surface area contributed by atoms with Crippen LogP contribution in [-0.4, -0.2) is 46.8 Å². The van der Waals surface area contributed by atoms with Crippen molar-refractivity contribution in [2.45, 2.75) is 59.2 Å². The molecular formula is C29H33N7O3. The van der Waals surface area contributed by atoms with Gasteiger partial charge >= 0.3 is 5.97 Å². The summed E-state index contributed by atoms with van der Waals surface area (Å²) in [5.41, 5.74) is 11.9. The Morgan fingerprint density at radius 1 is 1.03 bits per heavy atom. The van der Waals surface area contributed by atoms with Crippen molar-refractivity contribution in [2.75, 3.05) is 0 Å². The third kappa shape index (κ3) is 6.91. The predicted molar refractivity (Wildman–Crippen MR) is 146 cm³/mol. The summed E-state index contributed by atoms with van der Waals surface area (Å²) in [6, 6.07) is 12.0. The van der Waals surface area contributed by atoms with E-state index in [1.54, 1.807) is 26.0 Å². The molecule has 3 aromatic heterocycles. The van der Waals surface area contributed by atoms with E-state index < -0.39 is 11.9 Å². The lowest BCUT2D eigenvalue weighted by atomic mass is 9.90. The van der Waals surface area contributed by atoms with Crippen LogP contribution in [0, 0.1) is 20.8 Å². The molecule has 4 aromatic rings. The normalized spacial score (nSPS) is 14.3. The number of carboxylic acids is 1. The number of imidazole rings is 1. The number of aromatic nitrogens is 5. The molecule has 5 rings (SSSR count). The number of hydrogen-bond donors (Lipinski definition) is 3. The van der Waals surface area contributed by atoms with Crippen molar-refractivity contribution < 1.29 is 14.7 Å². The molecule has 0 aliphatic heterocycles. The lowest BCUT2D eigenvalue weighted by molar-refractivity contribution is 0.0694. The zero-order chi connectivity index (χ0) is 27.9. The van der Waals surface area contributed by atoms with Gasteiger partial charge in [0.15, 0.2) is 0 Å². The first-order valence-electron chi connectivity index (χ1n) is 12.8. The number of primary amides is 1. The van der Waals surface area contributed by atoms with E-state index in [4.69, 9.17) is 15.8 Å². The van der Waals surface area contributed by atoms with Crippen LogP contribution in [0.5, 0.6) is 0 Å². The molecule has 1 aromatic carbocycles. The largest absolute Gasteiger partial charge is 0.478 e. The van der Waals surface area contributed by atoms with Crippen LogP contribution >= 0.6 is 0 Å². The van der Waals surface area contributed by atoms with Crippen molar-refractivity contribution in [1.29, 1.82) is 0 Å². The number of fused-ring (bicyclic) bond motifs is 1. The molecule has 10 nitrogen and oxygen atoms in total. The van der Waals surface area contributed by atoms with Gasteiger partial charge in [-0.25, -0.2) is 19.7 Å². The molecule has 0 fully saturated rings. The molecule has 1 atom stereocenters. The van der Waals surface area contributed by atoms with Gasteiger partial charge in [-0.1, -0.05) is 18.2 Å². The second-order valence-electron chi connectivity index (χ2n) is 9.64. The number of aromatic amines is 1. The smallest absolute Gasteiger partial charge is 0.339 e. The maximum absolute atomic E-state index is 11.4. The SMILES string of the molecule is Cc1ncc(CN(Cc2ccc(C(N)=O)cc2)C2CCCc3cccnc32)[nH]1.Cc1ncnc(C)c1C(=O)O. The van der Waals surface area contributed by atoms with E-state index in [1.807, 2.05) is 37.5 Å². The Morgan fingerprint density at radius 2 is 1.74 bits per heavy atom. The van der Waals surface area contributed by atoms with Gasteiger partial charge in [0.05, 0.1) is 23.1 Å². The fourth-order valence-electron chi connectivity index (χ4n) is 4.90. The minimum Gasteiger partial charge on any atom is -0.478 e. The molecule has 10 heteroatoms. The van der Waals surface area contributed by atoms with E-state index in [0.717, 1.165) is 49.4 Å². The maximum Gasteiger partial charge on any atom is 0.339 e. The number of carbonyl (C=O) groups is 2. The van der Waals surface area contributed by atoms with Crippen LogP contribution in [0.15, 0.2) is 55.1 Å². The first-order chi connectivity index (χ1) is 18.7. The summed E-state index contributed by atoms with van der Waals surface area (Å²) in [7, 11) is 0. The lowest BCUT2D eigenvalue weighted by Gasteiger charge is -2.35. The third-order valence-corrected chi connectivity index (χ3v) is 6.80. The molecule has 0 saturated heterocycles. The molecule has 39 heavy (non-hydrogen) atoms. The average Bonchev–Trinajstić information content (AvgIpc) is 3.33. The summed E-state index contributed by atoms with van der Waals surface area (Å²) in [5.74, 6) is -0.453. The number of nitrogens with zero attached hydrogens (tertiary/aromatic N) is 5. The third-order valence-electron chi connectivity index (χ3n) is 6.80. The highest BCUT2D eigenvalue weighted by atomic mass is 16.4. The zero-order valence-electron chi connectivity index (χ0n) is 22.4. The molecule has 1 aliphatic carbocycles. The van der Waals surface area contributed by atoms with E-state index in [2.05, 4.69) is 30.9 Å². The number of aryl methyl sites for hydroxylation is 4. The Hall–Kier alpha value is -4.44. The van der Waals surface area contributed by atoms with Gasteiger partial charge in [-0.3, -0.25) is 14.7 Å². The predicted octanol–water partition coefficient (Wildman–Crippen LogP) is 4.08. The summed E-state index contributed by atoms with van der Waals surface area (Å²) < 4.78 is 0. The van der Waals surface area contributed by atoms with Crippen molar-refractivity contribution in [2.24, 2.45) is 5.73 Å². The van der Waals surface area contributed by atoms with Gasteiger partial charge in [-0.15, -0.1) is 0 Å². The van der Waals surface area contributed by atoms with Gasteiger partial charge in [-0.2, -0.15) is 0 Å². The van der Waals surface area contributed by atoms with Crippen molar-refractivity contribution in [3.8, 4) is 0 Å². The molecule has 3 heterocycles. The first kappa shape index (κ1) is 27.6. The summed E-state index contributed by atoms with van der Waals surface area (Å²) in [4.78, 5) is 44.3. The minimum atomic E-state index is -0.972. The van der Waals surface area contributed by atoms with Crippen LogP contribution in [0.1, 0.15) is 79.3 Å². The number of aromatic carboxylic acids is 1. The Kier molecular flexibility index (Phi) is 8.77. The maximum atomic E-state index is 11.4. The van der Waals surface area contributed by atoms with E-state index in [0.29, 0.717) is 17.0 Å². The Balaban J connectivity index is 0.000000270. The molecule has 1 unspecified atom stereocenters. The summed E-state index contributed by atoms with van der Waals surface area (Å²) in [6.45, 7) is 6.79. The molecule has 0 bridgehead atoms. The highest BCUT2D eigenvalue weighted by Gasteiger charge is 2.27. The molecule has 0 radical (unpaired) electrons. The second kappa shape index (κ2) is 12.4. The lowest BCUT2D eigenvalue weighted by Crippen LogP contribution is -2.31. The number of nitrogens with two attached hydrogens (primary N) is 1. The average molecular weight is 528 g/mol. The molecule has 0 saturated carbocycles. The van der Waals surface area contributed by atoms with E-state index in [1.165, 1.54) is 17.6 Å². The first-order valence-corrected chi connectivity index (χ1v) is 12.8. The Labute approximate surface area is 227 Å². The van der Waals surface area contributed by atoms with Gasteiger partial charge in [0.2, 0.25) is 5.91 Å². The fourth-order valence-corrected chi connectivity index (χ4v) is 4.90. The number of rotatable bonds is 7. The number of carboxylic acid groups (broad SMARTS) is 1. The molecule has 1 aliphatic rings. The number of pyridine rings is 1. The summed E-state index contributed by atoms with van der Waals surface area (Å²) in [5, 5.41) is 8.67. The van der Waals surface area contributed by atoms with Crippen LogP contribution in [0.4, 0.5) is 0 Å². The number of hydrogen-bond acceptors (Lipinski definition) is 7. The highest BCUT2D eigenvalue weighted by Crippen LogP contribution is 2.34. The van der Waals surface area contributed by atoms with E-state index >= 15 is 0 Å². The van der Waals surface area contributed by atoms with Gasteiger partial charge in [0.25, 0.3) is 0 Å². The van der Waals surface area contributed by atoms with Crippen molar-refractivity contribution in [3.63, 3.8) is 0 Å². The van der Waals surface area contributed by atoms with Crippen LogP contribution in [0.25, 0.3) is 0 Å². The topological polar surface area (TPSA) is 151 Å². The van der Waals surface area contributed by atoms with Gasteiger partial charge in [-0.05, 0) is 69.4 Å². The zero-order valence-corrected chi connectivity index (χ0v) is 22.4. The van der Waals surface area contributed by atoms with Crippen LogP contribution in [0.2, 0.25) is 0 Å². The summed E-state index contributed by atoms with van der Waals surface area (Å²) >= 11 is 0. The number of benzene rings is 1. The number of amides is 1. The Morgan fingerprint density at radius 3 is 2.33 bits per heavy atom. The van der Waals surface area contributed by atoms with Crippen molar-refractivity contribution in [1.82, 2.24) is 29.8 Å². The standard InChI is InChI=1S/C22H25N5O.C7H8N2O2/c1-15-25-12-19(26-15)14-27(13-16-7-9-18(10-8-16)22(23)28)20-6-2-4-17-5-3-11-24-21(17)20;1-4-6(7(10)11)5(2)9-3-8-4/h3,5,7-12,20H,2,4,6,13-14H2,1H3,(H2,23,28)(H,25,26);3H,1-2H3,(H,10,11). The van der Waals surface area contributed by atoms with Gasteiger partial charge < -0.3 is 15.8 Å². The monoisotopic (exact) mass is 527 g/mol.